The second kappa shape index (κ2) is 10.9. The minimum Gasteiger partial charge on any atom is -0.481 e. The summed E-state index contributed by atoms with van der Waals surface area (Å²) in [7, 11) is 0. The molecule has 186 valence electrons. The number of amides is 4. The Morgan fingerprint density at radius 1 is 1.11 bits per heavy atom. The van der Waals surface area contributed by atoms with E-state index < -0.39 is 54.1 Å². The molecule has 0 unspecified atom stereocenters. The van der Waals surface area contributed by atoms with E-state index in [9.17, 15) is 33.6 Å². The number of fused-ring (bicyclic) bond motifs is 1. The van der Waals surface area contributed by atoms with Crippen LogP contribution in [0.25, 0.3) is 0 Å². The summed E-state index contributed by atoms with van der Waals surface area (Å²) in [6.07, 6.45) is 0.250. The Labute approximate surface area is 200 Å². The normalized spacial score (nSPS) is 20.8. The van der Waals surface area contributed by atoms with E-state index in [2.05, 4.69) is 10.6 Å². The zero-order chi connectivity index (χ0) is 25.7. The molecule has 0 radical (unpaired) electrons. The van der Waals surface area contributed by atoms with E-state index in [1.54, 1.807) is 0 Å². The molecule has 12 nitrogen and oxygen atoms in total. The average Bonchev–Trinajstić information content (AvgIpc) is 2.95. The van der Waals surface area contributed by atoms with Crippen LogP contribution in [0, 0.1) is 0 Å². The van der Waals surface area contributed by atoms with Gasteiger partial charge in [0.1, 0.15) is 18.4 Å². The number of carbonyl (C=O) groups excluding carboxylic acids is 6. The smallest absolute Gasteiger partial charge is 0.305 e. The number of hydrogen-bond acceptors (Lipinski definition) is 7. The predicted molar refractivity (Wildman–Crippen MR) is 119 cm³/mol. The van der Waals surface area contributed by atoms with Gasteiger partial charge in [0.15, 0.2) is 5.78 Å². The molecule has 0 bridgehead atoms. The highest BCUT2D eigenvalue weighted by Crippen LogP contribution is 2.25. The van der Waals surface area contributed by atoms with Crippen LogP contribution >= 0.6 is 0 Å². The second-order valence-corrected chi connectivity index (χ2v) is 8.41. The van der Waals surface area contributed by atoms with Crippen molar-refractivity contribution in [3.8, 4) is 0 Å². The molecule has 1 aromatic rings. The maximum absolute atomic E-state index is 13.4. The first-order valence-corrected chi connectivity index (χ1v) is 11.1. The number of aldehydes is 1. The number of carboxylic acid groups (broad SMARTS) is 1. The number of rotatable bonds is 8. The van der Waals surface area contributed by atoms with Gasteiger partial charge in [0.05, 0.1) is 12.5 Å². The van der Waals surface area contributed by atoms with E-state index >= 15 is 0 Å². The molecule has 2 aliphatic heterocycles. The first-order chi connectivity index (χ1) is 16.6. The summed E-state index contributed by atoms with van der Waals surface area (Å²) >= 11 is 0. The topological polar surface area (TPSA) is 170 Å². The third-order valence-electron chi connectivity index (χ3n) is 5.91. The fourth-order valence-electron chi connectivity index (χ4n) is 4.10. The third-order valence-corrected chi connectivity index (χ3v) is 5.91. The maximum atomic E-state index is 13.4. The number of ketones is 1. The van der Waals surface area contributed by atoms with Gasteiger partial charge < -0.3 is 20.5 Å². The molecule has 3 N–H and O–H groups in total. The molecule has 3 rings (SSSR count). The number of nitrogens with one attached hydrogen (secondary N) is 2. The van der Waals surface area contributed by atoms with Gasteiger partial charge in [-0.05, 0) is 38.3 Å². The van der Waals surface area contributed by atoms with Gasteiger partial charge in [-0.3, -0.25) is 33.8 Å². The summed E-state index contributed by atoms with van der Waals surface area (Å²) in [4.78, 5) is 85.3. The summed E-state index contributed by atoms with van der Waals surface area (Å²) in [5.41, 5.74) is 0.637. The fourth-order valence-corrected chi connectivity index (χ4v) is 4.10. The number of carbonyl (C=O) groups is 7. The van der Waals surface area contributed by atoms with Gasteiger partial charge in [0, 0.05) is 24.1 Å². The highest BCUT2D eigenvalue weighted by molar-refractivity contribution is 6.01. The molecule has 1 aromatic carbocycles. The van der Waals surface area contributed by atoms with Gasteiger partial charge >= 0.3 is 5.97 Å². The van der Waals surface area contributed by atoms with Gasteiger partial charge in [-0.1, -0.05) is 12.1 Å². The van der Waals surface area contributed by atoms with Crippen LogP contribution in [0.3, 0.4) is 0 Å². The molecule has 0 aromatic heterocycles. The zero-order valence-electron chi connectivity index (χ0n) is 19.1. The van der Waals surface area contributed by atoms with Crippen molar-refractivity contribution in [3.63, 3.8) is 0 Å². The maximum Gasteiger partial charge on any atom is 0.305 e. The Kier molecular flexibility index (Phi) is 7.94. The lowest BCUT2D eigenvalue weighted by Crippen LogP contribution is -2.64. The predicted octanol–water partition coefficient (Wildman–Crippen LogP) is -0.326. The molecule has 2 fully saturated rings. The summed E-state index contributed by atoms with van der Waals surface area (Å²) in [5.74, 6) is -3.85. The monoisotopic (exact) mass is 486 g/mol. The Morgan fingerprint density at radius 2 is 1.77 bits per heavy atom. The van der Waals surface area contributed by atoms with Crippen molar-refractivity contribution in [1.29, 1.82) is 0 Å². The molecular weight excluding hydrogens is 460 g/mol. The van der Waals surface area contributed by atoms with E-state index in [-0.39, 0.29) is 37.2 Å². The number of nitrogens with zero attached hydrogens (tertiary/aromatic N) is 2. The van der Waals surface area contributed by atoms with Crippen LogP contribution in [0.5, 0.6) is 0 Å². The van der Waals surface area contributed by atoms with Crippen LogP contribution in [0.15, 0.2) is 24.3 Å². The van der Waals surface area contributed by atoms with Crippen molar-refractivity contribution in [2.75, 3.05) is 6.54 Å². The Morgan fingerprint density at radius 3 is 2.37 bits per heavy atom. The fraction of sp³-hybridized carbons (Fsp3) is 0.435. The quantitative estimate of drug-likeness (QED) is 0.331. The lowest BCUT2D eigenvalue weighted by Gasteiger charge is -2.43. The third kappa shape index (κ3) is 5.89. The Hall–Kier alpha value is -4.09. The molecule has 3 atom stereocenters. The van der Waals surface area contributed by atoms with Gasteiger partial charge in [-0.25, -0.2) is 5.01 Å². The molecule has 2 heterocycles. The summed E-state index contributed by atoms with van der Waals surface area (Å²) in [6, 6.07) is 2.34. The standard InChI is InChI=1S/C23H26N4O8/c1-13(29)14-4-6-15(7-5-14)21(33)25-17-8-9-19(30)26-10-2-3-18(27(26)23(17)35)22(34)24-16(12-28)11-20(31)32/h4-7,12,16-18H,2-3,8-11H2,1H3,(H,24,34)(H,25,33)(H,31,32)/t16-,17-,18-/m0/s1. The summed E-state index contributed by atoms with van der Waals surface area (Å²) < 4.78 is 0. The number of Topliss-reactive ketones (excluding diaryl/α,β-unsaturated/α-hetero) is 1. The molecule has 0 saturated carbocycles. The Balaban J connectivity index is 1.80. The minimum atomic E-state index is -1.29. The molecule has 35 heavy (non-hydrogen) atoms. The van der Waals surface area contributed by atoms with Crippen LogP contribution < -0.4 is 10.6 Å². The molecule has 12 heteroatoms. The zero-order valence-corrected chi connectivity index (χ0v) is 19.1. The van der Waals surface area contributed by atoms with Crippen LogP contribution in [0.2, 0.25) is 0 Å². The molecule has 2 saturated heterocycles. The van der Waals surface area contributed by atoms with Crippen LogP contribution in [-0.4, -0.2) is 81.5 Å². The van der Waals surface area contributed by atoms with Crippen LogP contribution in [0.4, 0.5) is 0 Å². The van der Waals surface area contributed by atoms with Crippen molar-refractivity contribution < 1.29 is 38.7 Å². The van der Waals surface area contributed by atoms with Gasteiger partial charge in [0.2, 0.25) is 11.8 Å². The number of aliphatic carboxylic acids is 1. The first-order valence-electron chi connectivity index (χ1n) is 11.1. The van der Waals surface area contributed by atoms with Crippen molar-refractivity contribution in [2.45, 2.75) is 57.2 Å². The summed E-state index contributed by atoms with van der Waals surface area (Å²) in [5, 5.41) is 16.0. The van der Waals surface area contributed by atoms with Gasteiger partial charge in [-0.2, -0.15) is 0 Å². The molecular formula is C23H26N4O8. The van der Waals surface area contributed by atoms with E-state index in [1.165, 1.54) is 36.2 Å². The molecule has 2 aliphatic rings. The van der Waals surface area contributed by atoms with Crippen molar-refractivity contribution in [3.05, 3.63) is 35.4 Å². The number of hydrogen-bond donors (Lipinski definition) is 3. The van der Waals surface area contributed by atoms with Gasteiger partial charge in [0.25, 0.3) is 11.8 Å². The van der Waals surface area contributed by atoms with Crippen molar-refractivity contribution in [2.24, 2.45) is 0 Å². The summed E-state index contributed by atoms with van der Waals surface area (Å²) in [6.45, 7) is 1.60. The largest absolute Gasteiger partial charge is 0.481 e. The number of hydrazine groups is 1. The molecule has 0 aliphatic carbocycles. The lowest BCUT2D eigenvalue weighted by atomic mass is 10.0. The van der Waals surface area contributed by atoms with E-state index in [0.29, 0.717) is 18.3 Å². The highest BCUT2D eigenvalue weighted by atomic mass is 16.4. The lowest BCUT2D eigenvalue weighted by molar-refractivity contribution is -0.176. The number of carboxylic acids is 1. The molecule has 4 amide bonds. The minimum absolute atomic E-state index is 0.0201. The van der Waals surface area contributed by atoms with Crippen molar-refractivity contribution in [1.82, 2.24) is 20.7 Å². The van der Waals surface area contributed by atoms with E-state index in [4.69, 9.17) is 5.11 Å². The highest BCUT2D eigenvalue weighted by Gasteiger charge is 2.44. The van der Waals surface area contributed by atoms with Crippen LogP contribution in [-0.2, 0) is 24.0 Å². The van der Waals surface area contributed by atoms with Gasteiger partial charge in [-0.15, -0.1) is 0 Å². The SMILES string of the molecule is CC(=O)c1ccc(C(=O)N[C@H]2CCC(=O)N3CCC[C@@H](C(=O)N[C@H](C=O)CC(=O)O)N3C2=O)cc1. The molecule has 0 spiro atoms. The first kappa shape index (κ1) is 25.5. The second-order valence-electron chi connectivity index (χ2n) is 8.41. The van der Waals surface area contributed by atoms with E-state index in [0.717, 1.165) is 5.01 Å². The average molecular weight is 486 g/mol. The number of benzene rings is 1. The Bertz CT molecular complexity index is 1050. The van der Waals surface area contributed by atoms with Crippen LogP contribution in [0.1, 0.15) is 59.7 Å². The van der Waals surface area contributed by atoms with E-state index in [1.807, 2.05) is 0 Å². The van der Waals surface area contributed by atoms with Crippen molar-refractivity contribution >= 4 is 41.7 Å².